The summed E-state index contributed by atoms with van der Waals surface area (Å²) in [4.78, 5) is -0.000851. The molecular formula is C13H16N4O2S. The van der Waals surface area contributed by atoms with Crippen molar-refractivity contribution in [2.45, 2.75) is 23.8 Å². The molecule has 20 heavy (non-hydrogen) atoms. The van der Waals surface area contributed by atoms with Crippen molar-refractivity contribution in [1.82, 2.24) is 14.9 Å². The molecule has 3 rings (SSSR count). The molecule has 7 heteroatoms. The molecule has 1 heterocycles. The van der Waals surface area contributed by atoms with E-state index in [2.05, 4.69) is 14.9 Å². The second-order valence-electron chi connectivity index (χ2n) is 5.00. The molecule has 1 aliphatic rings. The second kappa shape index (κ2) is 4.92. The number of aromatic nitrogens is 2. The number of rotatable bonds is 5. The van der Waals surface area contributed by atoms with Gasteiger partial charge >= 0.3 is 0 Å². The first-order chi connectivity index (χ1) is 9.58. The normalized spacial score (nSPS) is 17.0. The molecule has 0 amide bonds. The van der Waals surface area contributed by atoms with Crippen molar-refractivity contribution in [3.63, 3.8) is 0 Å². The lowest BCUT2D eigenvalue weighted by Crippen LogP contribution is -2.30. The number of nitrogens with two attached hydrogens (primary N) is 1. The van der Waals surface area contributed by atoms with Crippen LogP contribution in [0.3, 0.4) is 0 Å². The number of benzene rings is 1. The largest absolute Gasteiger partial charge is 0.383 e. The van der Waals surface area contributed by atoms with Crippen molar-refractivity contribution in [3.05, 3.63) is 42.1 Å². The first-order valence-electron chi connectivity index (χ1n) is 6.44. The summed E-state index contributed by atoms with van der Waals surface area (Å²) in [6.07, 6.45) is 3.29. The molecule has 1 fully saturated rings. The van der Waals surface area contributed by atoms with E-state index >= 15 is 0 Å². The van der Waals surface area contributed by atoms with Gasteiger partial charge in [0.1, 0.15) is 10.7 Å². The Morgan fingerprint density at radius 2 is 2.00 bits per heavy atom. The maximum absolute atomic E-state index is 12.4. The predicted molar refractivity (Wildman–Crippen MR) is 75.2 cm³/mol. The fourth-order valence-corrected chi connectivity index (χ4v) is 3.57. The molecule has 1 aliphatic carbocycles. The highest BCUT2D eigenvalue weighted by Crippen LogP contribution is 2.41. The minimum atomic E-state index is -3.67. The van der Waals surface area contributed by atoms with Crippen LogP contribution in [0.1, 0.15) is 24.4 Å². The predicted octanol–water partition coefficient (Wildman–Crippen LogP) is 1.42. The van der Waals surface area contributed by atoms with Crippen LogP contribution in [0.4, 0.5) is 5.82 Å². The van der Waals surface area contributed by atoms with E-state index < -0.39 is 10.0 Å². The van der Waals surface area contributed by atoms with Crippen LogP contribution in [0.5, 0.6) is 0 Å². The average Bonchev–Trinajstić information content (AvgIpc) is 3.18. The Kier molecular flexibility index (Phi) is 3.23. The Balaban J connectivity index is 1.90. The molecule has 1 aromatic carbocycles. The molecule has 4 N–H and O–H groups in total. The number of nitrogens with zero attached hydrogens (tertiary/aromatic N) is 1. The van der Waals surface area contributed by atoms with E-state index in [4.69, 9.17) is 5.73 Å². The van der Waals surface area contributed by atoms with Gasteiger partial charge in [0.25, 0.3) is 0 Å². The van der Waals surface area contributed by atoms with Crippen LogP contribution >= 0.6 is 0 Å². The Morgan fingerprint density at radius 1 is 1.30 bits per heavy atom. The van der Waals surface area contributed by atoms with Crippen LogP contribution in [0.2, 0.25) is 0 Å². The van der Waals surface area contributed by atoms with Gasteiger partial charge in [-0.05, 0) is 24.3 Å². The zero-order valence-electron chi connectivity index (χ0n) is 10.8. The number of anilines is 1. The van der Waals surface area contributed by atoms with Gasteiger partial charge in [-0.1, -0.05) is 30.3 Å². The highest BCUT2D eigenvalue weighted by Gasteiger charge is 2.36. The average molecular weight is 292 g/mol. The van der Waals surface area contributed by atoms with Crippen molar-refractivity contribution < 1.29 is 8.42 Å². The van der Waals surface area contributed by atoms with Gasteiger partial charge in [0.15, 0.2) is 0 Å². The standard InChI is InChI=1S/C13H16N4O2S/c14-13-11(8-15-16-13)20(18,19)17-12(10-6-7-10)9-4-2-1-3-5-9/h1-5,8,10,12,17H,6-7H2,(H3,14,15,16). The monoisotopic (exact) mass is 292 g/mol. The Morgan fingerprint density at radius 3 is 2.55 bits per heavy atom. The molecule has 0 radical (unpaired) electrons. The molecule has 0 aliphatic heterocycles. The molecule has 1 saturated carbocycles. The zero-order valence-corrected chi connectivity index (χ0v) is 11.6. The van der Waals surface area contributed by atoms with Gasteiger partial charge in [-0.25, -0.2) is 13.1 Å². The number of nitrogen functional groups attached to an aromatic ring is 1. The van der Waals surface area contributed by atoms with E-state index in [1.807, 2.05) is 30.3 Å². The van der Waals surface area contributed by atoms with Crippen LogP contribution in [0, 0.1) is 5.92 Å². The highest BCUT2D eigenvalue weighted by atomic mass is 32.2. The zero-order chi connectivity index (χ0) is 14.2. The van der Waals surface area contributed by atoms with Gasteiger partial charge in [0.05, 0.1) is 6.20 Å². The number of H-pyrrole nitrogens is 1. The van der Waals surface area contributed by atoms with Gasteiger partial charge in [0, 0.05) is 6.04 Å². The lowest BCUT2D eigenvalue weighted by Gasteiger charge is -2.18. The molecule has 1 unspecified atom stereocenters. The van der Waals surface area contributed by atoms with Gasteiger partial charge in [0.2, 0.25) is 10.0 Å². The molecule has 0 spiro atoms. The molecule has 0 saturated heterocycles. The van der Waals surface area contributed by atoms with E-state index in [9.17, 15) is 8.42 Å². The first kappa shape index (κ1) is 13.1. The smallest absolute Gasteiger partial charge is 0.246 e. The summed E-state index contributed by atoms with van der Waals surface area (Å²) in [5, 5.41) is 6.10. The molecule has 2 aromatic rings. The van der Waals surface area contributed by atoms with Crippen molar-refractivity contribution in [2.24, 2.45) is 5.92 Å². The number of nitrogens with one attached hydrogen (secondary N) is 2. The maximum atomic E-state index is 12.4. The lowest BCUT2D eigenvalue weighted by molar-refractivity contribution is 0.529. The van der Waals surface area contributed by atoms with Gasteiger partial charge in [-0.3, -0.25) is 5.10 Å². The third-order valence-corrected chi connectivity index (χ3v) is 4.92. The molecule has 0 bridgehead atoms. The molecule has 6 nitrogen and oxygen atoms in total. The minimum absolute atomic E-state index is 0.000851. The van der Waals surface area contributed by atoms with Crippen LogP contribution in [-0.2, 0) is 10.0 Å². The first-order valence-corrected chi connectivity index (χ1v) is 7.92. The third-order valence-electron chi connectivity index (χ3n) is 3.46. The van der Waals surface area contributed by atoms with E-state index in [0.717, 1.165) is 18.4 Å². The van der Waals surface area contributed by atoms with Gasteiger partial charge < -0.3 is 5.73 Å². The van der Waals surface area contributed by atoms with Crippen molar-refractivity contribution in [1.29, 1.82) is 0 Å². The number of hydrogen-bond donors (Lipinski definition) is 3. The van der Waals surface area contributed by atoms with Crippen LogP contribution < -0.4 is 10.5 Å². The SMILES string of the molecule is Nc1[nH]ncc1S(=O)(=O)NC(c1ccccc1)C1CC1. The van der Waals surface area contributed by atoms with Crippen molar-refractivity contribution >= 4 is 15.8 Å². The van der Waals surface area contributed by atoms with Crippen molar-refractivity contribution in [3.8, 4) is 0 Å². The van der Waals surface area contributed by atoms with Gasteiger partial charge in [-0.15, -0.1) is 0 Å². The highest BCUT2D eigenvalue weighted by molar-refractivity contribution is 7.89. The van der Waals surface area contributed by atoms with Gasteiger partial charge in [-0.2, -0.15) is 5.10 Å². The van der Waals surface area contributed by atoms with Crippen molar-refractivity contribution in [2.75, 3.05) is 5.73 Å². The van der Waals surface area contributed by atoms with E-state index in [-0.39, 0.29) is 16.8 Å². The van der Waals surface area contributed by atoms with Crippen LogP contribution in [0.15, 0.2) is 41.4 Å². The topological polar surface area (TPSA) is 101 Å². The fraction of sp³-hybridized carbons (Fsp3) is 0.308. The Bertz CT molecular complexity index is 692. The summed E-state index contributed by atoms with van der Waals surface area (Å²) in [5.74, 6) is 0.403. The Hall–Kier alpha value is -1.86. The van der Waals surface area contributed by atoms with Crippen LogP contribution in [0.25, 0.3) is 0 Å². The number of hydrogen-bond acceptors (Lipinski definition) is 4. The molecular weight excluding hydrogens is 276 g/mol. The second-order valence-corrected chi connectivity index (χ2v) is 6.68. The van der Waals surface area contributed by atoms with E-state index in [0.29, 0.717) is 5.92 Å². The van der Waals surface area contributed by atoms with E-state index in [1.165, 1.54) is 6.20 Å². The van der Waals surface area contributed by atoms with E-state index in [1.54, 1.807) is 0 Å². The minimum Gasteiger partial charge on any atom is -0.383 e. The summed E-state index contributed by atoms with van der Waals surface area (Å²) >= 11 is 0. The number of aromatic amines is 1. The Labute approximate surface area is 117 Å². The summed E-state index contributed by atoms with van der Waals surface area (Å²) < 4.78 is 27.5. The summed E-state index contributed by atoms with van der Waals surface area (Å²) in [6.45, 7) is 0. The lowest BCUT2D eigenvalue weighted by atomic mass is 10.0. The fourth-order valence-electron chi connectivity index (χ4n) is 2.26. The quantitative estimate of drug-likeness (QED) is 0.775. The molecule has 106 valence electrons. The summed E-state index contributed by atoms with van der Waals surface area (Å²) in [7, 11) is -3.67. The molecule has 1 aromatic heterocycles. The maximum Gasteiger partial charge on any atom is 0.246 e. The molecule has 1 atom stereocenters. The van der Waals surface area contributed by atoms with Crippen LogP contribution in [-0.4, -0.2) is 18.6 Å². The number of sulfonamides is 1. The third kappa shape index (κ3) is 2.54. The summed E-state index contributed by atoms with van der Waals surface area (Å²) in [6, 6.07) is 9.39. The summed E-state index contributed by atoms with van der Waals surface area (Å²) in [5.41, 5.74) is 6.57.